The molecule has 43 heavy (non-hydrogen) atoms. The summed E-state index contributed by atoms with van der Waals surface area (Å²) in [6.45, 7) is 5.30. The van der Waals surface area contributed by atoms with Gasteiger partial charge in [-0.05, 0) is 42.8 Å². The van der Waals surface area contributed by atoms with Crippen LogP contribution in [0.3, 0.4) is 0 Å². The molecule has 0 radical (unpaired) electrons. The van der Waals surface area contributed by atoms with Gasteiger partial charge in [-0.2, -0.15) is 4.98 Å². The van der Waals surface area contributed by atoms with Gasteiger partial charge in [0.05, 0.1) is 55.0 Å². The van der Waals surface area contributed by atoms with Crippen molar-refractivity contribution >= 4 is 34.4 Å². The number of ether oxygens (including phenoxy) is 3. The summed E-state index contributed by atoms with van der Waals surface area (Å²) in [7, 11) is 0. The summed E-state index contributed by atoms with van der Waals surface area (Å²) in [6, 6.07) is 13.4. The highest BCUT2D eigenvalue weighted by Gasteiger charge is 2.33. The Morgan fingerprint density at radius 1 is 1.14 bits per heavy atom. The summed E-state index contributed by atoms with van der Waals surface area (Å²) < 4.78 is 34.0. The van der Waals surface area contributed by atoms with Crippen LogP contribution >= 0.6 is 11.6 Å². The number of benzene rings is 2. The number of anilines is 1. The van der Waals surface area contributed by atoms with Crippen LogP contribution in [0.5, 0.6) is 5.88 Å². The number of hydrogen-bond acceptors (Lipinski definition) is 8. The van der Waals surface area contributed by atoms with Crippen molar-refractivity contribution in [1.82, 2.24) is 19.4 Å². The normalized spacial score (nSPS) is 20.3. The van der Waals surface area contributed by atoms with E-state index in [1.54, 1.807) is 36.4 Å². The molecule has 1 N–H and O–H groups in total. The van der Waals surface area contributed by atoms with Gasteiger partial charge < -0.3 is 28.8 Å². The second kappa shape index (κ2) is 11.7. The molecule has 0 bridgehead atoms. The Morgan fingerprint density at radius 2 is 2.02 bits per heavy atom. The zero-order valence-corrected chi connectivity index (χ0v) is 24.2. The lowest BCUT2D eigenvalue weighted by Gasteiger charge is -2.41. The summed E-state index contributed by atoms with van der Waals surface area (Å²) in [4.78, 5) is 26.0. The lowest BCUT2D eigenvalue weighted by Crippen LogP contribution is -2.54. The number of aromatic nitrogens is 3. The Balaban J connectivity index is 1.08. The molecule has 2 fully saturated rings. The average Bonchev–Trinajstić information content (AvgIpc) is 3.19. The lowest BCUT2D eigenvalue weighted by atomic mass is 10.1. The number of imidazole rings is 1. The van der Waals surface area contributed by atoms with Crippen molar-refractivity contribution in [2.45, 2.75) is 44.9 Å². The third-order valence-corrected chi connectivity index (χ3v) is 8.58. The molecule has 2 saturated heterocycles. The molecule has 5 heterocycles. The van der Waals surface area contributed by atoms with Crippen molar-refractivity contribution in [3.8, 4) is 5.88 Å². The highest BCUT2D eigenvalue weighted by Crippen LogP contribution is 2.31. The number of carboxylic acids is 1. The van der Waals surface area contributed by atoms with Crippen molar-refractivity contribution in [1.29, 1.82) is 0 Å². The summed E-state index contributed by atoms with van der Waals surface area (Å²) in [5.41, 5.74) is 3.22. The molecule has 0 amide bonds. The zero-order valence-electron chi connectivity index (χ0n) is 23.4. The van der Waals surface area contributed by atoms with Gasteiger partial charge in [0, 0.05) is 48.5 Å². The Labute approximate surface area is 252 Å². The van der Waals surface area contributed by atoms with Crippen molar-refractivity contribution in [2.24, 2.45) is 0 Å². The van der Waals surface area contributed by atoms with E-state index in [1.165, 1.54) is 6.07 Å². The van der Waals surface area contributed by atoms with Gasteiger partial charge in [-0.25, -0.2) is 14.2 Å². The number of nitrogens with zero attached hydrogens (tertiary/aromatic N) is 5. The molecule has 7 rings (SSSR count). The van der Waals surface area contributed by atoms with Gasteiger partial charge in [0.25, 0.3) is 0 Å². The van der Waals surface area contributed by atoms with Crippen LogP contribution in [-0.2, 0) is 35.8 Å². The van der Waals surface area contributed by atoms with Gasteiger partial charge in [-0.1, -0.05) is 17.7 Å². The molecular formula is C31H31ClFN5O5. The van der Waals surface area contributed by atoms with Gasteiger partial charge in [-0.3, -0.25) is 4.90 Å². The van der Waals surface area contributed by atoms with E-state index in [2.05, 4.69) is 14.4 Å². The summed E-state index contributed by atoms with van der Waals surface area (Å²) in [5, 5.41) is 9.89. The number of hydrogen-bond donors (Lipinski definition) is 1. The minimum absolute atomic E-state index is 0.0450. The lowest BCUT2D eigenvalue weighted by molar-refractivity contribution is -0.0592. The van der Waals surface area contributed by atoms with Crippen molar-refractivity contribution in [3.63, 3.8) is 0 Å². The first-order valence-electron chi connectivity index (χ1n) is 14.4. The summed E-state index contributed by atoms with van der Waals surface area (Å²) in [6.07, 6.45) is 1.08. The number of halogens is 2. The zero-order chi connectivity index (χ0) is 29.5. The molecule has 3 aliphatic rings. The second-order valence-electron chi connectivity index (χ2n) is 11.2. The molecule has 3 aliphatic heterocycles. The molecule has 4 aromatic rings. The Kier molecular flexibility index (Phi) is 7.64. The minimum atomic E-state index is -0.958. The Morgan fingerprint density at radius 3 is 2.81 bits per heavy atom. The van der Waals surface area contributed by atoms with Gasteiger partial charge in [0.1, 0.15) is 24.1 Å². The number of piperazine rings is 1. The van der Waals surface area contributed by atoms with Crippen LogP contribution in [0.4, 0.5) is 10.2 Å². The topological polar surface area (TPSA) is 102 Å². The maximum Gasteiger partial charge on any atom is 0.335 e. The largest absolute Gasteiger partial charge is 0.478 e. The number of rotatable bonds is 8. The predicted octanol–water partition coefficient (Wildman–Crippen LogP) is 4.51. The second-order valence-corrected chi connectivity index (χ2v) is 11.6. The SMILES string of the molecule is O=C(O)c1ccc2nc(CN3CCN4c5nc(OCc6ccc(Cl)cc6F)ccc5COC[C@H]4C3)n(C[C@@H]3CCO3)c2c1. The van der Waals surface area contributed by atoms with E-state index in [0.29, 0.717) is 42.8 Å². The van der Waals surface area contributed by atoms with Crippen LogP contribution < -0.4 is 9.64 Å². The summed E-state index contributed by atoms with van der Waals surface area (Å²) in [5.74, 6) is 0.762. The maximum absolute atomic E-state index is 14.3. The smallest absolute Gasteiger partial charge is 0.335 e. The number of aromatic carboxylic acids is 1. The first-order valence-corrected chi connectivity index (χ1v) is 14.8. The third kappa shape index (κ3) is 5.77. The number of carbonyl (C=O) groups is 1. The molecule has 2 atom stereocenters. The van der Waals surface area contributed by atoms with Crippen LogP contribution in [0.15, 0.2) is 48.5 Å². The third-order valence-electron chi connectivity index (χ3n) is 8.35. The predicted molar refractivity (Wildman–Crippen MR) is 157 cm³/mol. The molecule has 2 aromatic carbocycles. The van der Waals surface area contributed by atoms with Gasteiger partial charge in [-0.15, -0.1) is 0 Å². The number of pyridine rings is 1. The molecular weight excluding hydrogens is 577 g/mol. The van der Waals surface area contributed by atoms with Crippen LogP contribution in [0, 0.1) is 5.82 Å². The van der Waals surface area contributed by atoms with E-state index in [0.717, 1.165) is 60.9 Å². The first-order chi connectivity index (χ1) is 20.9. The van der Waals surface area contributed by atoms with Gasteiger partial charge in [0.15, 0.2) is 0 Å². The standard InChI is InChI=1S/C31H31ClFN5O5/c32-22-4-1-20(25(33)12-22)17-43-29-6-3-21-16-41-18-23-13-36(8-9-37(23)30(21)35-29)15-28-34-26-5-2-19(31(39)40)11-27(26)38(28)14-24-7-10-42-24/h1-6,11-12,23-24H,7-10,13-18H2,(H,39,40)/t23-,24+/m1/s1. The van der Waals surface area contributed by atoms with Crippen molar-refractivity contribution in [3.05, 3.63) is 81.9 Å². The highest BCUT2D eigenvalue weighted by molar-refractivity contribution is 6.30. The Bertz CT molecular complexity index is 1680. The molecule has 12 heteroatoms. The monoisotopic (exact) mass is 607 g/mol. The average molecular weight is 608 g/mol. The number of carboxylic acid groups (broad SMARTS) is 1. The molecule has 0 unspecified atom stereocenters. The van der Waals surface area contributed by atoms with Crippen molar-refractivity contribution in [2.75, 3.05) is 37.7 Å². The number of fused-ring (bicyclic) bond motifs is 4. The fraction of sp³-hybridized carbons (Fsp3) is 0.387. The van der Waals surface area contributed by atoms with E-state index in [4.69, 9.17) is 35.8 Å². The minimum Gasteiger partial charge on any atom is -0.478 e. The van der Waals surface area contributed by atoms with Crippen LogP contribution in [0.2, 0.25) is 5.02 Å². The van der Waals surface area contributed by atoms with E-state index >= 15 is 0 Å². The van der Waals surface area contributed by atoms with Crippen molar-refractivity contribution < 1.29 is 28.5 Å². The first kappa shape index (κ1) is 28.0. The van der Waals surface area contributed by atoms with E-state index in [1.807, 2.05) is 6.07 Å². The molecule has 0 aliphatic carbocycles. The molecule has 224 valence electrons. The van der Waals surface area contributed by atoms with E-state index in [-0.39, 0.29) is 24.3 Å². The molecule has 10 nitrogen and oxygen atoms in total. The fourth-order valence-corrected chi connectivity index (χ4v) is 6.10. The summed E-state index contributed by atoms with van der Waals surface area (Å²) >= 11 is 5.88. The van der Waals surface area contributed by atoms with Gasteiger partial charge >= 0.3 is 5.97 Å². The van der Waals surface area contributed by atoms with Crippen LogP contribution in [0.25, 0.3) is 11.0 Å². The molecule has 2 aromatic heterocycles. The fourth-order valence-electron chi connectivity index (χ4n) is 5.94. The van der Waals surface area contributed by atoms with Crippen LogP contribution in [0.1, 0.15) is 33.7 Å². The maximum atomic E-state index is 14.3. The van der Waals surface area contributed by atoms with E-state index in [9.17, 15) is 14.3 Å². The van der Waals surface area contributed by atoms with Crippen LogP contribution in [-0.4, -0.2) is 75.5 Å². The quantitative estimate of drug-likeness (QED) is 0.310. The van der Waals surface area contributed by atoms with E-state index < -0.39 is 11.8 Å². The molecule has 0 saturated carbocycles. The Hall–Kier alpha value is -3.77. The van der Waals surface area contributed by atoms with Gasteiger partial charge in [0.2, 0.25) is 5.88 Å². The molecule has 0 spiro atoms. The highest BCUT2D eigenvalue weighted by atomic mass is 35.5.